The molecular weight excluding hydrogens is 388 g/mol. The number of rotatable bonds is 5. The number of hydrogen-bond donors (Lipinski definition) is 0. The molecule has 0 bridgehead atoms. The second-order valence-corrected chi connectivity index (χ2v) is 9.90. The van der Waals surface area contributed by atoms with Crippen LogP contribution in [0.4, 0.5) is 0 Å². The third kappa shape index (κ3) is 3.82. The van der Waals surface area contributed by atoms with E-state index in [4.69, 9.17) is 4.98 Å². The lowest BCUT2D eigenvalue weighted by Crippen LogP contribution is -1.93. The lowest BCUT2D eigenvalue weighted by molar-refractivity contribution is 1.09. The summed E-state index contributed by atoms with van der Waals surface area (Å²) in [5.41, 5.74) is 2.08. The molecule has 0 aliphatic rings. The minimum Gasteiger partial charge on any atom is -0.255 e. The Bertz CT molecular complexity index is 1110. The molecule has 0 aliphatic heterocycles. The fourth-order valence-electron chi connectivity index (χ4n) is 2.99. The van der Waals surface area contributed by atoms with Gasteiger partial charge in [-0.2, -0.15) is 0 Å². The first-order valence-electron chi connectivity index (χ1n) is 8.81. The summed E-state index contributed by atoms with van der Waals surface area (Å²) < 4.78 is 0. The lowest BCUT2D eigenvalue weighted by Gasteiger charge is -2.16. The summed E-state index contributed by atoms with van der Waals surface area (Å²) in [4.78, 5) is 14.3. The third-order valence-corrected chi connectivity index (χ3v) is 7.50. The van der Waals surface area contributed by atoms with Gasteiger partial charge in [0.25, 0.3) is 0 Å². The molecule has 0 atom stereocenters. The summed E-state index contributed by atoms with van der Waals surface area (Å²) in [6.07, 6.45) is 6.12. The van der Waals surface area contributed by atoms with Crippen LogP contribution in [0, 0.1) is 0 Å². The highest BCUT2D eigenvalue weighted by molar-refractivity contribution is 8.03. The van der Waals surface area contributed by atoms with E-state index in [9.17, 15) is 0 Å². The maximum absolute atomic E-state index is 4.72. The molecule has 4 rings (SSSR count). The first kappa shape index (κ1) is 18.7. The molecule has 0 fully saturated rings. The van der Waals surface area contributed by atoms with Gasteiger partial charge in [0.05, 0.1) is 11.0 Å². The largest absolute Gasteiger partial charge is 0.255 e. The molecule has 0 spiro atoms. The fraction of sp³-hybridized carbons (Fsp3) is 0.182. The summed E-state index contributed by atoms with van der Waals surface area (Å²) in [5.74, 6) is 0. The summed E-state index contributed by atoms with van der Waals surface area (Å²) >= 11 is 5.46. The van der Waals surface area contributed by atoms with Crippen molar-refractivity contribution < 1.29 is 0 Å². The van der Waals surface area contributed by atoms with Gasteiger partial charge in [0.1, 0.15) is 0 Å². The van der Waals surface area contributed by atoms with Crippen molar-refractivity contribution in [2.45, 2.75) is 38.7 Å². The van der Waals surface area contributed by atoms with Crippen molar-refractivity contribution in [1.29, 1.82) is 0 Å². The Morgan fingerprint density at radius 3 is 1.89 bits per heavy atom. The summed E-state index contributed by atoms with van der Waals surface area (Å²) in [6.45, 7) is 4.48. The Morgan fingerprint density at radius 1 is 0.741 bits per heavy atom. The predicted molar refractivity (Wildman–Crippen MR) is 120 cm³/mol. The van der Waals surface area contributed by atoms with E-state index >= 15 is 0 Å². The quantitative estimate of drug-likeness (QED) is 0.326. The first-order valence-corrected chi connectivity index (χ1v) is 11.7. The van der Waals surface area contributed by atoms with E-state index in [1.165, 1.54) is 30.4 Å². The van der Waals surface area contributed by atoms with Crippen molar-refractivity contribution in [2.75, 3.05) is 6.26 Å². The number of pyridine rings is 2. The second kappa shape index (κ2) is 8.13. The van der Waals surface area contributed by atoms with Crippen molar-refractivity contribution in [2.24, 2.45) is 0 Å². The van der Waals surface area contributed by atoms with E-state index in [2.05, 4.69) is 61.5 Å². The Balaban J connectivity index is 1.90. The highest BCUT2D eigenvalue weighted by Gasteiger charge is 2.16. The minimum atomic E-state index is 0.504. The number of fused-ring (bicyclic) bond motifs is 2. The van der Waals surface area contributed by atoms with Crippen molar-refractivity contribution in [3.8, 4) is 0 Å². The van der Waals surface area contributed by atoms with Crippen molar-refractivity contribution >= 4 is 57.1 Å². The van der Waals surface area contributed by atoms with Crippen LogP contribution in [0.1, 0.15) is 13.8 Å². The maximum Gasteiger partial charge on any atom is 0.0714 e. The molecule has 0 aliphatic carbocycles. The molecule has 0 radical (unpaired) electrons. The van der Waals surface area contributed by atoms with Crippen LogP contribution in [0.3, 0.4) is 0 Å². The molecule has 27 heavy (non-hydrogen) atoms. The van der Waals surface area contributed by atoms with Crippen LogP contribution in [-0.4, -0.2) is 21.5 Å². The molecule has 0 amide bonds. The van der Waals surface area contributed by atoms with Crippen LogP contribution >= 0.6 is 35.3 Å². The van der Waals surface area contributed by atoms with Crippen LogP contribution < -0.4 is 0 Å². The van der Waals surface area contributed by atoms with E-state index in [0.29, 0.717) is 5.25 Å². The average molecular weight is 409 g/mol. The van der Waals surface area contributed by atoms with Crippen LogP contribution in [-0.2, 0) is 0 Å². The van der Waals surface area contributed by atoms with Crippen LogP contribution in [0.25, 0.3) is 21.8 Å². The highest BCUT2D eigenvalue weighted by Crippen LogP contribution is 2.45. The smallest absolute Gasteiger partial charge is 0.0714 e. The van der Waals surface area contributed by atoms with E-state index in [1.54, 1.807) is 11.8 Å². The summed E-state index contributed by atoms with van der Waals surface area (Å²) in [7, 11) is 0. The van der Waals surface area contributed by atoms with Crippen LogP contribution in [0.2, 0.25) is 0 Å². The molecule has 0 saturated heterocycles. The molecule has 136 valence electrons. The van der Waals surface area contributed by atoms with E-state index in [0.717, 1.165) is 11.0 Å². The van der Waals surface area contributed by atoms with Gasteiger partial charge in [0.15, 0.2) is 0 Å². The SMILES string of the molecule is CSc1cnc2ccccc2c1Sc1cnc2ccccc2c1SC(C)C. The molecule has 0 saturated carbocycles. The molecule has 2 nitrogen and oxygen atoms in total. The molecule has 0 N–H and O–H groups in total. The number of hydrogen-bond acceptors (Lipinski definition) is 5. The molecule has 5 heteroatoms. The summed E-state index contributed by atoms with van der Waals surface area (Å²) in [5, 5.41) is 2.93. The van der Waals surface area contributed by atoms with E-state index < -0.39 is 0 Å². The van der Waals surface area contributed by atoms with Gasteiger partial charge in [-0.3, -0.25) is 9.97 Å². The van der Waals surface area contributed by atoms with Gasteiger partial charge in [0.2, 0.25) is 0 Å². The Morgan fingerprint density at radius 2 is 1.30 bits per heavy atom. The van der Waals surface area contributed by atoms with Gasteiger partial charge < -0.3 is 0 Å². The lowest BCUT2D eigenvalue weighted by atomic mass is 10.2. The summed E-state index contributed by atoms with van der Waals surface area (Å²) in [6, 6.07) is 16.8. The van der Waals surface area contributed by atoms with Crippen molar-refractivity contribution in [3.63, 3.8) is 0 Å². The maximum atomic E-state index is 4.72. The van der Waals surface area contributed by atoms with Gasteiger partial charge in [0, 0.05) is 48.0 Å². The number of nitrogens with zero attached hydrogens (tertiary/aromatic N) is 2. The van der Waals surface area contributed by atoms with Crippen molar-refractivity contribution in [3.05, 3.63) is 60.9 Å². The number of benzene rings is 2. The highest BCUT2D eigenvalue weighted by atomic mass is 32.2. The van der Waals surface area contributed by atoms with Gasteiger partial charge in [-0.25, -0.2) is 0 Å². The minimum absolute atomic E-state index is 0.504. The predicted octanol–water partition coefficient (Wildman–Crippen LogP) is 7.16. The fourth-order valence-corrected chi connectivity index (χ4v) is 5.99. The van der Waals surface area contributed by atoms with Gasteiger partial charge in [-0.1, -0.05) is 62.0 Å². The number of thioether (sulfide) groups is 2. The zero-order valence-electron chi connectivity index (χ0n) is 15.5. The van der Waals surface area contributed by atoms with E-state index in [1.807, 2.05) is 48.1 Å². The number of para-hydroxylation sites is 2. The average Bonchev–Trinajstić information content (AvgIpc) is 2.69. The Hall–Kier alpha value is -1.69. The normalized spacial score (nSPS) is 11.6. The molecule has 2 aromatic heterocycles. The van der Waals surface area contributed by atoms with Crippen LogP contribution in [0.5, 0.6) is 0 Å². The third-order valence-electron chi connectivity index (χ3n) is 4.17. The van der Waals surface area contributed by atoms with Crippen molar-refractivity contribution in [1.82, 2.24) is 9.97 Å². The Kier molecular flexibility index (Phi) is 5.62. The molecule has 0 unspecified atom stereocenters. The molecule has 4 aromatic rings. The number of aromatic nitrogens is 2. The van der Waals surface area contributed by atoms with Crippen LogP contribution in [0.15, 0.2) is 80.5 Å². The van der Waals surface area contributed by atoms with Gasteiger partial charge >= 0.3 is 0 Å². The molecule has 2 heterocycles. The molecular formula is C22H20N2S3. The first-order chi connectivity index (χ1) is 13.2. The zero-order chi connectivity index (χ0) is 18.8. The standard InChI is InChI=1S/C22H20N2S3/c1-14(2)26-22-16-9-5-7-11-18(16)24-13-20(22)27-21-15-8-4-6-10-17(15)23-12-19(21)25-3/h4-14H,1-3H3. The van der Waals surface area contributed by atoms with E-state index in [-0.39, 0.29) is 0 Å². The molecule has 2 aromatic carbocycles. The Labute approximate surface area is 172 Å². The van der Waals surface area contributed by atoms with Gasteiger partial charge in [-0.05, 0) is 18.4 Å². The van der Waals surface area contributed by atoms with Gasteiger partial charge in [-0.15, -0.1) is 23.5 Å². The topological polar surface area (TPSA) is 25.8 Å². The zero-order valence-corrected chi connectivity index (χ0v) is 17.9. The monoisotopic (exact) mass is 408 g/mol. The second-order valence-electron chi connectivity index (χ2n) is 6.41.